The minimum absolute atomic E-state index is 0. The average Bonchev–Trinajstić information content (AvgIpc) is 2.75. The smallest absolute Gasteiger partial charge is 0.0997 e. The summed E-state index contributed by atoms with van der Waals surface area (Å²) in [5, 5.41) is 4.89. The van der Waals surface area contributed by atoms with Crippen LogP contribution in [0.15, 0.2) is 23.3 Å². The number of nitrogens with zero attached hydrogens (tertiary/aromatic N) is 2. The predicted molar refractivity (Wildman–Crippen MR) is 167 cm³/mol. The molecular formula is C30H64ClN3O5. The molecule has 1 aliphatic carbocycles. The summed E-state index contributed by atoms with van der Waals surface area (Å²) in [5.41, 5.74) is 0.276. The van der Waals surface area contributed by atoms with Gasteiger partial charge in [-0.3, -0.25) is 4.90 Å². The van der Waals surface area contributed by atoms with Gasteiger partial charge in [0.25, 0.3) is 0 Å². The first-order valence-corrected chi connectivity index (χ1v) is 14.2. The van der Waals surface area contributed by atoms with Gasteiger partial charge < -0.3 is 36.9 Å². The summed E-state index contributed by atoms with van der Waals surface area (Å²) in [5.74, 6) is 2.80. The van der Waals surface area contributed by atoms with Crippen molar-refractivity contribution in [2.24, 2.45) is 29.1 Å². The Kier molecular flexibility index (Phi) is 20.7. The van der Waals surface area contributed by atoms with E-state index in [9.17, 15) is 0 Å². The van der Waals surface area contributed by atoms with Crippen LogP contribution in [0.3, 0.4) is 0 Å². The van der Waals surface area contributed by atoms with E-state index in [-0.39, 0.29) is 34.9 Å². The van der Waals surface area contributed by atoms with E-state index < -0.39 is 0 Å². The molecular weight excluding hydrogens is 518 g/mol. The van der Waals surface area contributed by atoms with E-state index in [1.54, 1.807) is 0 Å². The highest BCUT2D eigenvalue weighted by Crippen LogP contribution is 2.43. The Morgan fingerprint density at radius 2 is 1.62 bits per heavy atom. The molecule has 2 unspecified atom stereocenters. The molecule has 2 fully saturated rings. The number of allylic oxidation sites excluding steroid dienone is 4. The van der Waals surface area contributed by atoms with Crippen LogP contribution in [0, 0.1) is 29.1 Å². The van der Waals surface area contributed by atoms with Crippen LogP contribution in [0.4, 0.5) is 0 Å². The minimum atomic E-state index is -0.0518. The lowest BCUT2D eigenvalue weighted by Crippen LogP contribution is -2.53. The molecule has 2 heterocycles. The van der Waals surface area contributed by atoms with Crippen molar-refractivity contribution in [2.75, 3.05) is 46.0 Å². The summed E-state index contributed by atoms with van der Waals surface area (Å²) < 4.78 is 5.98. The van der Waals surface area contributed by atoms with Gasteiger partial charge in [0.1, 0.15) is 0 Å². The number of nitrogens with one attached hydrogen (secondary N) is 1. The third-order valence-corrected chi connectivity index (χ3v) is 8.59. The Hall–Kier alpha value is -0.550. The van der Waals surface area contributed by atoms with Crippen LogP contribution in [0.2, 0.25) is 0 Å². The number of piperidine rings is 2. The van der Waals surface area contributed by atoms with Crippen LogP contribution in [0.25, 0.3) is 0 Å². The van der Waals surface area contributed by atoms with Gasteiger partial charge >= 0.3 is 0 Å². The Morgan fingerprint density at radius 1 is 1.03 bits per heavy atom. The van der Waals surface area contributed by atoms with E-state index >= 15 is 0 Å². The zero-order chi connectivity index (χ0) is 24.9. The Labute approximate surface area is 244 Å². The van der Waals surface area contributed by atoms with Crippen LogP contribution in [-0.4, -0.2) is 89.3 Å². The fourth-order valence-electron chi connectivity index (χ4n) is 6.06. The number of likely N-dealkylation sites (tertiary alicyclic amines) is 2. The van der Waals surface area contributed by atoms with Crippen LogP contribution >= 0.6 is 11.6 Å². The van der Waals surface area contributed by atoms with E-state index in [2.05, 4.69) is 81.8 Å². The van der Waals surface area contributed by atoms with Crippen molar-refractivity contribution in [1.82, 2.24) is 15.1 Å². The van der Waals surface area contributed by atoms with Crippen molar-refractivity contribution in [1.29, 1.82) is 0 Å². The molecule has 0 aromatic heterocycles. The summed E-state index contributed by atoms with van der Waals surface area (Å²) in [6.45, 7) is 23.9. The average molecular weight is 582 g/mol. The molecule has 3 aliphatic rings. The van der Waals surface area contributed by atoms with Gasteiger partial charge in [-0.05, 0) is 94.7 Å². The molecule has 0 spiro atoms. The zero-order valence-electron chi connectivity index (χ0n) is 25.1. The molecule has 3 atom stereocenters. The lowest BCUT2D eigenvalue weighted by atomic mass is 9.66. The van der Waals surface area contributed by atoms with E-state index in [1.807, 2.05) is 0 Å². The highest BCUT2D eigenvalue weighted by molar-refractivity contribution is 6.31. The molecule has 0 saturated carbocycles. The van der Waals surface area contributed by atoms with Gasteiger partial charge in [0.05, 0.1) is 12.3 Å². The standard InChI is InChI=1S/C29H52ClN3O.CH4.4H2O/c1-22(2)27(31-18-23-12-15-32(16-13-23)21-34-28(3,4)5)19-33-17-14-26(29(6,7)20-33)24-8-10-25(30)11-9-24;;;;;/h8,10-11,22-24,26-27,31H,9,12-21H2,1-7H3;1H4;4*1H2/t24?,26?,27-;;;;;/m0...../s1. The largest absolute Gasteiger partial charge is 0.412 e. The quantitative estimate of drug-likeness (QED) is 0.442. The minimum Gasteiger partial charge on any atom is -0.412 e. The van der Waals surface area contributed by atoms with Gasteiger partial charge in [0, 0.05) is 37.3 Å². The molecule has 2 aliphatic heterocycles. The molecule has 0 amide bonds. The van der Waals surface area contributed by atoms with Gasteiger partial charge in [-0.15, -0.1) is 0 Å². The second kappa shape index (κ2) is 18.8. The maximum Gasteiger partial charge on any atom is 0.0997 e. The first-order valence-electron chi connectivity index (χ1n) is 13.8. The third-order valence-electron chi connectivity index (χ3n) is 8.31. The Balaban J connectivity index is -0.00000259. The molecule has 2 saturated heterocycles. The maximum absolute atomic E-state index is 6.18. The fraction of sp³-hybridized carbons (Fsp3) is 0.867. The number of halogens is 1. The van der Waals surface area contributed by atoms with E-state index in [1.165, 1.54) is 38.9 Å². The van der Waals surface area contributed by atoms with Gasteiger partial charge in [0.2, 0.25) is 0 Å². The third kappa shape index (κ3) is 13.8. The van der Waals surface area contributed by atoms with Crippen molar-refractivity contribution < 1.29 is 26.6 Å². The van der Waals surface area contributed by atoms with Gasteiger partial charge in [-0.1, -0.05) is 58.9 Å². The molecule has 3 rings (SSSR count). The molecule has 0 radical (unpaired) electrons. The van der Waals surface area contributed by atoms with Gasteiger partial charge in [-0.25, -0.2) is 0 Å². The fourth-order valence-corrected chi connectivity index (χ4v) is 6.22. The highest BCUT2D eigenvalue weighted by Gasteiger charge is 2.40. The molecule has 9 N–H and O–H groups in total. The molecule has 9 heteroatoms. The molecule has 39 heavy (non-hydrogen) atoms. The van der Waals surface area contributed by atoms with E-state index in [0.717, 1.165) is 49.7 Å². The lowest BCUT2D eigenvalue weighted by Gasteiger charge is -2.48. The topological polar surface area (TPSA) is 154 Å². The van der Waals surface area contributed by atoms with Gasteiger partial charge in [-0.2, -0.15) is 0 Å². The monoisotopic (exact) mass is 581 g/mol. The molecule has 0 aromatic carbocycles. The van der Waals surface area contributed by atoms with Crippen LogP contribution in [0.5, 0.6) is 0 Å². The molecule has 0 bridgehead atoms. The zero-order valence-corrected chi connectivity index (χ0v) is 25.8. The van der Waals surface area contributed by atoms with Crippen LogP contribution in [0.1, 0.15) is 81.6 Å². The van der Waals surface area contributed by atoms with Crippen molar-refractivity contribution in [3.05, 3.63) is 23.3 Å². The van der Waals surface area contributed by atoms with Crippen molar-refractivity contribution >= 4 is 11.6 Å². The second-order valence-electron chi connectivity index (χ2n) is 13.2. The first kappa shape index (κ1) is 42.9. The molecule has 236 valence electrons. The Morgan fingerprint density at radius 3 is 2.10 bits per heavy atom. The summed E-state index contributed by atoms with van der Waals surface area (Å²) in [6, 6.07) is 0.561. The number of ether oxygens (including phenoxy) is 1. The Bertz CT molecular complexity index is 703. The molecule has 0 aromatic rings. The summed E-state index contributed by atoms with van der Waals surface area (Å²) >= 11 is 6.18. The first-order chi connectivity index (χ1) is 15.9. The predicted octanol–water partition coefficient (Wildman–Crippen LogP) is 3.47. The summed E-state index contributed by atoms with van der Waals surface area (Å²) in [4.78, 5) is 5.20. The maximum atomic E-state index is 6.18. The normalized spacial score (nSPS) is 24.7. The number of hydrogen-bond donors (Lipinski definition) is 1. The van der Waals surface area contributed by atoms with Crippen molar-refractivity contribution in [3.63, 3.8) is 0 Å². The van der Waals surface area contributed by atoms with Crippen LogP contribution in [-0.2, 0) is 4.74 Å². The SMILES string of the molecule is C.CC(C)[C@H](CN1CCC(C2C=CC(Cl)=CC2)C(C)(C)C1)NCC1CCN(COC(C)(C)C)CC1.O.O.O.O. The van der Waals surface area contributed by atoms with Crippen molar-refractivity contribution in [2.45, 2.75) is 93.2 Å². The van der Waals surface area contributed by atoms with Crippen molar-refractivity contribution in [3.8, 4) is 0 Å². The second-order valence-corrected chi connectivity index (χ2v) is 13.6. The van der Waals surface area contributed by atoms with Crippen LogP contribution < -0.4 is 5.32 Å². The summed E-state index contributed by atoms with van der Waals surface area (Å²) in [6.07, 6.45) is 11.6. The van der Waals surface area contributed by atoms with E-state index in [4.69, 9.17) is 16.3 Å². The van der Waals surface area contributed by atoms with Gasteiger partial charge in [0.15, 0.2) is 0 Å². The van der Waals surface area contributed by atoms with E-state index in [0.29, 0.717) is 23.3 Å². The lowest BCUT2D eigenvalue weighted by molar-refractivity contribution is -0.0711. The number of hydrogen-bond acceptors (Lipinski definition) is 4. The number of rotatable bonds is 9. The highest BCUT2D eigenvalue weighted by atomic mass is 35.5. The molecule has 8 nitrogen and oxygen atoms in total. The summed E-state index contributed by atoms with van der Waals surface area (Å²) in [7, 11) is 0.